The third-order valence-corrected chi connectivity index (χ3v) is 4.09. The first-order valence-electron chi connectivity index (χ1n) is 8.81. The first-order valence-corrected chi connectivity index (χ1v) is 8.81. The number of hydrogen-bond donors (Lipinski definition) is 2. The molecule has 0 bridgehead atoms. The van der Waals surface area contributed by atoms with Crippen molar-refractivity contribution in [1.29, 1.82) is 0 Å². The van der Waals surface area contributed by atoms with E-state index in [9.17, 15) is 24.5 Å². The van der Waals surface area contributed by atoms with Crippen LogP contribution in [0.1, 0.15) is 29.8 Å². The van der Waals surface area contributed by atoms with E-state index in [2.05, 4.69) is 10.6 Å². The number of non-ortho nitro benzene ring substituents is 1. The van der Waals surface area contributed by atoms with Crippen LogP contribution in [-0.2, 0) is 14.3 Å². The minimum Gasteiger partial charge on any atom is -0.451 e. The highest BCUT2D eigenvalue weighted by molar-refractivity contribution is 5.98. The molecule has 1 unspecified atom stereocenters. The molecule has 0 aliphatic carbocycles. The number of amides is 2. The Morgan fingerprint density at radius 3 is 2.41 bits per heavy atom. The Morgan fingerprint density at radius 1 is 1.07 bits per heavy atom. The molecule has 2 aromatic carbocycles. The number of nitrogens with one attached hydrogen (secondary N) is 2. The minimum atomic E-state index is -1.08. The monoisotopic (exact) mass is 399 g/mol. The van der Waals surface area contributed by atoms with E-state index >= 15 is 0 Å². The molecule has 2 atom stereocenters. The number of carbonyl (C=O) groups excluding carboxylic acids is 3. The Bertz CT molecular complexity index is 943. The number of aryl methyl sites for hydroxylation is 1. The second-order valence-electron chi connectivity index (χ2n) is 6.39. The molecule has 0 heterocycles. The zero-order valence-electron chi connectivity index (χ0n) is 16.2. The van der Waals surface area contributed by atoms with Crippen LogP contribution in [0.5, 0.6) is 0 Å². The van der Waals surface area contributed by atoms with Crippen molar-refractivity contribution in [3.8, 4) is 0 Å². The van der Waals surface area contributed by atoms with Gasteiger partial charge in [0.05, 0.1) is 4.92 Å². The van der Waals surface area contributed by atoms with Crippen LogP contribution in [0.2, 0.25) is 0 Å². The van der Waals surface area contributed by atoms with Crippen molar-refractivity contribution >= 4 is 29.2 Å². The van der Waals surface area contributed by atoms with Crippen molar-refractivity contribution in [1.82, 2.24) is 5.32 Å². The van der Waals surface area contributed by atoms with E-state index in [-0.39, 0.29) is 11.3 Å². The summed E-state index contributed by atoms with van der Waals surface area (Å²) in [7, 11) is 0. The van der Waals surface area contributed by atoms with E-state index in [1.54, 1.807) is 12.1 Å². The van der Waals surface area contributed by atoms with Crippen LogP contribution < -0.4 is 10.6 Å². The SMILES string of the molecule is Cc1ccccc1NC(=O)C(C)OC(=O)[C@H](C)NC(=O)c1cccc([N+](=O)[O-])c1. The fourth-order valence-electron chi connectivity index (χ4n) is 2.38. The third-order valence-electron chi connectivity index (χ3n) is 4.09. The number of carbonyl (C=O) groups is 3. The molecule has 9 nitrogen and oxygen atoms in total. The number of benzene rings is 2. The van der Waals surface area contributed by atoms with Gasteiger partial charge < -0.3 is 15.4 Å². The highest BCUT2D eigenvalue weighted by Gasteiger charge is 2.24. The van der Waals surface area contributed by atoms with Crippen LogP contribution in [-0.4, -0.2) is 34.9 Å². The van der Waals surface area contributed by atoms with Crippen LogP contribution >= 0.6 is 0 Å². The van der Waals surface area contributed by atoms with Crippen molar-refractivity contribution in [2.24, 2.45) is 0 Å². The summed E-state index contributed by atoms with van der Waals surface area (Å²) >= 11 is 0. The summed E-state index contributed by atoms with van der Waals surface area (Å²) in [6.07, 6.45) is -1.08. The molecule has 0 fully saturated rings. The molecule has 0 spiro atoms. The lowest BCUT2D eigenvalue weighted by molar-refractivity contribution is -0.384. The fraction of sp³-hybridized carbons (Fsp3) is 0.250. The molecule has 0 aromatic heterocycles. The number of nitro benzene ring substituents is 1. The van der Waals surface area contributed by atoms with Crippen LogP contribution in [0, 0.1) is 17.0 Å². The van der Waals surface area contributed by atoms with E-state index in [0.717, 1.165) is 11.6 Å². The minimum absolute atomic E-state index is 0.0317. The van der Waals surface area contributed by atoms with Gasteiger partial charge in [-0.1, -0.05) is 24.3 Å². The summed E-state index contributed by atoms with van der Waals surface area (Å²) in [6.45, 7) is 4.64. The average Bonchev–Trinajstić information content (AvgIpc) is 2.69. The summed E-state index contributed by atoms with van der Waals surface area (Å²) < 4.78 is 5.11. The lowest BCUT2D eigenvalue weighted by Crippen LogP contribution is -2.42. The van der Waals surface area contributed by atoms with E-state index in [0.29, 0.717) is 5.69 Å². The maximum Gasteiger partial charge on any atom is 0.329 e. The lowest BCUT2D eigenvalue weighted by Gasteiger charge is -2.18. The molecular formula is C20H21N3O6. The quantitative estimate of drug-likeness (QED) is 0.418. The largest absolute Gasteiger partial charge is 0.451 e. The first kappa shape index (κ1) is 21.5. The molecule has 0 saturated carbocycles. The van der Waals surface area contributed by atoms with Gasteiger partial charge in [-0.2, -0.15) is 0 Å². The molecule has 2 N–H and O–H groups in total. The van der Waals surface area contributed by atoms with Gasteiger partial charge in [0, 0.05) is 23.4 Å². The van der Waals surface area contributed by atoms with E-state index < -0.39 is 34.9 Å². The molecular weight excluding hydrogens is 378 g/mol. The third kappa shape index (κ3) is 5.86. The Balaban J connectivity index is 1.93. The molecule has 2 amide bonds. The van der Waals surface area contributed by atoms with Gasteiger partial charge in [-0.3, -0.25) is 19.7 Å². The van der Waals surface area contributed by atoms with Gasteiger partial charge in [-0.25, -0.2) is 4.79 Å². The van der Waals surface area contributed by atoms with Gasteiger partial charge in [-0.05, 0) is 38.5 Å². The molecule has 0 radical (unpaired) electrons. The van der Waals surface area contributed by atoms with E-state index in [1.807, 2.05) is 19.1 Å². The lowest BCUT2D eigenvalue weighted by atomic mass is 10.2. The maximum absolute atomic E-state index is 12.2. The summed E-state index contributed by atoms with van der Waals surface area (Å²) in [5.74, 6) is -1.99. The van der Waals surface area contributed by atoms with Gasteiger partial charge in [0.25, 0.3) is 17.5 Å². The predicted molar refractivity (Wildman–Crippen MR) is 105 cm³/mol. The average molecular weight is 399 g/mol. The normalized spacial score (nSPS) is 12.4. The van der Waals surface area contributed by atoms with Crippen molar-refractivity contribution in [2.45, 2.75) is 32.9 Å². The highest BCUT2D eigenvalue weighted by atomic mass is 16.6. The van der Waals surface area contributed by atoms with Crippen LogP contribution in [0.4, 0.5) is 11.4 Å². The smallest absolute Gasteiger partial charge is 0.329 e. The number of nitrogens with zero attached hydrogens (tertiary/aromatic N) is 1. The van der Waals surface area contributed by atoms with Crippen molar-refractivity contribution in [3.05, 3.63) is 69.8 Å². The summed E-state index contributed by atoms with van der Waals surface area (Å²) in [5.41, 5.74) is 1.25. The Hall–Kier alpha value is -3.75. The number of ether oxygens (including phenoxy) is 1. The number of rotatable bonds is 7. The van der Waals surface area contributed by atoms with Crippen LogP contribution in [0.15, 0.2) is 48.5 Å². The summed E-state index contributed by atoms with van der Waals surface area (Å²) in [4.78, 5) is 46.8. The Labute approximate surface area is 167 Å². The van der Waals surface area contributed by atoms with Gasteiger partial charge in [0.1, 0.15) is 6.04 Å². The molecule has 2 rings (SSSR count). The fourth-order valence-corrected chi connectivity index (χ4v) is 2.38. The van der Waals surface area contributed by atoms with Crippen molar-refractivity contribution in [2.75, 3.05) is 5.32 Å². The van der Waals surface area contributed by atoms with Gasteiger partial charge in [0.2, 0.25) is 0 Å². The van der Waals surface area contributed by atoms with E-state index in [1.165, 1.54) is 32.0 Å². The second kappa shape index (κ2) is 9.45. The van der Waals surface area contributed by atoms with E-state index in [4.69, 9.17) is 4.74 Å². The summed E-state index contributed by atoms with van der Waals surface area (Å²) in [6, 6.07) is 11.2. The predicted octanol–water partition coefficient (Wildman–Crippen LogP) is 2.59. The first-order chi connectivity index (χ1) is 13.7. The van der Waals surface area contributed by atoms with Crippen LogP contribution in [0.25, 0.3) is 0 Å². The summed E-state index contributed by atoms with van der Waals surface area (Å²) in [5, 5.41) is 15.9. The molecule has 152 valence electrons. The number of hydrogen-bond acceptors (Lipinski definition) is 6. The zero-order valence-corrected chi connectivity index (χ0v) is 16.2. The molecule has 9 heteroatoms. The number of anilines is 1. The Kier molecular flexibility index (Phi) is 7.02. The Morgan fingerprint density at radius 2 is 1.76 bits per heavy atom. The van der Waals surface area contributed by atoms with Gasteiger partial charge >= 0.3 is 5.97 Å². The molecule has 0 aliphatic rings. The highest BCUT2D eigenvalue weighted by Crippen LogP contribution is 2.15. The van der Waals surface area contributed by atoms with Crippen molar-refractivity contribution < 1.29 is 24.0 Å². The van der Waals surface area contributed by atoms with Crippen molar-refractivity contribution in [3.63, 3.8) is 0 Å². The van der Waals surface area contributed by atoms with Gasteiger partial charge in [-0.15, -0.1) is 0 Å². The standard InChI is InChI=1S/C20H21N3O6/c1-12-7-4-5-10-17(12)22-18(24)14(3)29-20(26)13(2)21-19(25)15-8-6-9-16(11-15)23(27)28/h4-11,13-14H,1-3H3,(H,21,25)(H,22,24)/t13-,14?/m0/s1. The maximum atomic E-state index is 12.2. The number of nitro groups is 1. The molecule has 0 aliphatic heterocycles. The molecule has 29 heavy (non-hydrogen) atoms. The van der Waals surface area contributed by atoms with Gasteiger partial charge in [0.15, 0.2) is 6.10 Å². The molecule has 2 aromatic rings. The topological polar surface area (TPSA) is 128 Å². The number of para-hydroxylation sites is 1. The second-order valence-corrected chi connectivity index (χ2v) is 6.39. The van der Waals surface area contributed by atoms with Crippen LogP contribution in [0.3, 0.4) is 0 Å². The molecule has 0 saturated heterocycles. The number of esters is 1. The zero-order chi connectivity index (χ0) is 21.6.